The second-order valence-corrected chi connectivity index (χ2v) is 3.88. The molecule has 1 aliphatic heterocycles. The quantitative estimate of drug-likeness (QED) is 0.817. The van der Waals surface area contributed by atoms with Crippen LogP contribution in [0.2, 0.25) is 0 Å². The number of nitrogens with two attached hydrogens (primary N) is 1. The van der Waals surface area contributed by atoms with Crippen molar-refractivity contribution in [2.75, 3.05) is 13.2 Å². The molecule has 0 saturated carbocycles. The van der Waals surface area contributed by atoms with Crippen molar-refractivity contribution < 1.29 is 9.15 Å². The molecule has 1 saturated heterocycles. The summed E-state index contributed by atoms with van der Waals surface area (Å²) >= 11 is 0. The summed E-state index contributed by atoms with van der Waals surface area (Å²) in [5.74, 6) is 1.63. The Morgan fingerprint density at radius 3 is 2.80 bits per heavy atom. The molecule has 0 aliphatic carbocycles. The lowest BCUT2D eigenvalue weighted by molar-refractivity contribution is 0.0790. The van der Waals surface area contributed by atoms with Crippen LogP contribution >= 0.6 is 0 Å². The van der Waals surface area contributed by atoms with Crippen molar-refractivity contribution >= 4 is 0 Å². The highest BCUT2D eigenvalue weighted by molar-refractivity contribution is 4.95. The molecule has 1 unspecified atom stereocenters. The topological polar surface area (TPSA) is 74.2 Å². The third-order valence-electron chi connectivity index (χ3n) is 2.78. The van der Waals surface area contributed by atoms with Crippen molar-refractivity contribution in [3.8, 4) is 0 Å². The smallest absolute Gasteiger partial charge is 0.233 e. The number of rotatable bonds is 3. The van der Waals surface area contributed by atoms with Crippen LogP contribution in [0.5, 0.6) is 0 Å². The van der Waals surface area contributed by atoms with Gasteiger partial charge in [0.05, 0.1) is 6.04 Å². The van der Waals surface area contributed by atoms with E-state index in [2.05, 4.69) is 10.2 Å². The van der Waals surface area contributed by atoms with E-state index in [1.54, 1.807) is 0 Å². The van der Waals surface area contributed by atoms with Gasteiger partial charge in [0.15, 0.2) is 0 Å². The van der Waals surface area contributed by atoms with Gasteiger partial charge in [-0.05, 0) is 19.3 Å². The summed E-state index contributed by atoms with van der Waals surface area (Å²) in [4.78, 5) is 0. The van der Waals surface area contributed by atoms with E-state index in [-0.39, 0.29) is 6.04 Å². The minimum absolute atomic E-state index is 0.133. The Morgan fingerprint density at radius 2 is 2.13 bits per heavy atom. The van der Waals surface area contributed by atoms with Crippen LogP contribution < -0.4 is 5.73 Å². The Balaban J connectivity index is 2.05. The van der Waals surface area contributed by atoms with Crippen molar-refractivity contribution in [3.63, 3.8) is 0 Å². The Bertz CT molecular complexity index is 307. The Hall–Kier alpha value is -0.940. The first-order valence-corrected chi connectivity index (χ1v) is 5.48. The fourth-order valence-corrected chi connectivity index (χ4v) is 1.68. The van der Waals surface area contributed by atoms with Crippen molar-refractivity contribution in [3.05, 3.63) is 11.8 Å². The Morgan fingerprint density at radius 1 is 1.40 bits per heavy atom. The third-order valence-corrected chi connectivity index (χ3v) is 2.78. The standard InChI is InChI=1S/C10H17N3O2/c1-2-8(11)10-13-12-9(15-10)7-3-5-14-6-4-7/h7-8H,2-6,11H2,1H3. The maximum atomic E-state index is 5.82. The fraction of sp³-hybridized carbons (Fsp3) is 0.800. The second kappa shape index (κ2) is 4.72. The van der Waals surface area contributed by atoms with Gasteiger partial charge >= 0.3 is 0 Å². The number of ether oxygens (including phenoxy) is 1. The molecule has 1 aliphatic rings. The minimum atomic E-state index is -0.133. The zero-order valence-electron chi connectivity index (χ0n) is 8.98. The molecular weight excluding hydrogens is 194 g/mol. The lowest BCUT2D eigenvalue weighted by Crippen LogP contribution is -2.14. The maximum absolute atomic E-state index is 5.82. The molecule has 1 aromatic rings. The summed E-state index contributed by atoms with van der Waals surface area (Å²) in [5, 5.41) is 8.04. The fourth-order valence-electron chi connectivity index (χ4n) is 1.68. The lowest BCUT2D eigenvalue weighted by Gasteiger charge is -2.18. The van der Waals surface area contributed by atoms with Crippen molar-refractivity contribution in [1.82, 2.24) is 10.2 Å². The second-order valence-electron chi connectivity index (χ2n) is 3.88. The molecule has 1 atom stereocenters. The molecule has 2 N–H and O–H groups in total. The monoisotopic (exact) mass is 211 g/mol. The summed E-state index contributed by atoms with van der Waals surface area (Å²) < 4.78 is 10.9. The van der Waals surface area contributed by atoms with E-state index in [1.165, 1.54) is 0 Å². The minimum Gasteiger partial charge on any atom is -0.423 e. The molecule has 84 valence electrons. The Labute approximate surface area is 89.0 Å². The SMILES string of the molecule is CCC(N)c1nnc(C2CCOCC2)o1. The molecule has 1 aromatic heterocycles. The van der Waals surface area contributed by atoms with E-state index >= 15 is 0 Å². The normalized spacial score (nSPS) is 20.4. The summed E-state index contributed by atoms with van der Waals surface area (Å²) in [7, 11) is 0. The van der Waals surface area contributed by atoms with Crippen LogP contribution in [0.1, 0.15) is 49.9 Å². The van der Waals surface area contributed by atoms with Crippen LogP contribution in [0.3, 0.4) is 0 Å². The summed E-state index contributed by atoms with van der Waals surface area (Å²) in [6.45, 7) is 3.56. The van der Waals surface area contributed by atoms with E-state index in [1.807, 2.05) is 6.92 Å². The molecule has 0 aromatic carbocycles. The van der Waals surface area contributed by atoms with Gasteiger partial charge in [-0.15, -0.1) is 10.2 Å². The predicted octanol–water partition coefficient (Wildman–Crippen LogP) is 1.37. The van der Waals surface area contributed by atoms with Crippen molar-refractivity contribution in [1.29, 1.82) is 0 Å². The zero-order valence-corrected chi connectivity index (χ0v) is 8.98. The average Bonchev–Trinajstić information content (AvgIpc) is 2.78. The predicted molar refractivity (Wildman–Crippen MR) is 54.3 cm³/mol. The molecule has 0 radical (unpaired) electrons. The first-order chi connectivity index (χ1) is 7.31. The highest BCUT2D eigenvalue weighted by Crippen LogP contribution is 2.26. The van der Waals surface area contributed by atoms with Crippen LogP contribution in [0.25, 0.3) is 0 Å². The van der Waals surface area contributed by atoms with E-state index in [0.29, 0.717) is 11.8 Å². The van der Waals surface area contributed by atoms with E-state index in [4.69, 9.17) is 14.9 Å². The molecular formula is C10H17N3O2. The van der Waals surface area contributed by atoms with Gasteiger partial charge in [0, 0.05) is 19.1 Å². The summed E-state index contributed by atoms with van der Waals surface area (Å²) in [6, 6.07) is -0.133. The van der Waals surface area contributed by atoms with Crippen molar-refractivity contribution in [2.45, 2.75) is 38.1 Å². The Kier molecular flexibility index (Phi) is 3.33. The van der Waals surface area contributed by atoms with Gasteiger partial charge in [-0.3, -0.25) is 0 Å². The molecule has 5 nitrogen and oxygen atoms in total. The van der Waals surface area contributed by atoms with Gasteiger partial charge in [0.25, 0.3) is 0 Å². The molecule has 15 heavy (non-hydrogen) atoms. The first-order valence-electron chi connectivity index (χ1n) is 5.48. The zero-order chi connectivity index (χ0) is 10.7. The highest BCUT2D eigenvalue weighted by atomic mass is 16.5. The van der Waals surface area contributed by atoms with Crippen LogP contribution in [0, 0.1) is 0 Å². The average molecular weight is 211 g/mol. The molecule has 0 spiro atoms. The lowest BCUT2D eigenvalue weighted by atomic mass is 10.0. The van der Waals surface area contributed by atoms with Crippen LogP contribution in [0.4, 0.5) is 0 Å². The molecule has 2 heterocycles. The molecule has 0 amide bonds. The van der Waals surface area contributed by atoms with E-state index in [9.17, 15) is 0 Å². The molecule has 0 bridgehead atoms. The summed E-state index contributed by atoms with van der Waals surface area (Å²) in [6.07, 6.45) is 2.74. The van der Waals surface area contributed by atoms with Gasteiger partial charge in [-0.1, -0.05) is 6.92 Å². The van der Waals surface area contributed by atoms with Crippen LogP contribution in [-0.4, -0.2) is 23.4 Å². The number of hydrogen-bond acceptors (Lipinski definition) is 5. The molecule has 1 fully saturated rings. The number of aromatic nitrogens is 2. The highest BCUT2D eigenvalue weighted by Gasteiger charge is 2.22. The van der Waals surface area contributed by atoms with Gasteiger partial charge in [-0.2, -0.15) is 0 Å². The first kappa shape index (κ1) is 10.6. The summed E-state index contributed by atoms with van der Waals surface area (Å²) in [5.41, 5.74) is 5.82. The number of nitrogens with zero attached hydrogens (tertiary/aromatic N) is 2. The molecule has 5 heteroatoms. The van der Waals surface area contributed by atoms with Gasteiger partial charge in [0.1, 0.15) is 0 Å². The van der Waals surface area contributed by atoms with Gasteiger partial charge < -0.3 is 14.9 Å². The maximum Gasteiger partial charge on any atom is 0.233 e. The van der Waals surface area contributed by atoms with E-state index < -0.39 is 0 Å². The van der Waals surface area contributed by atoms with Crippen molar-refractivity contribution in [2.24, 2.45) is 5.73 Å². The van der Waals surface area contributed by atoms with Crippen LogP contribution in [-0.2, 0) is 4.74 Å². The number of hydrogen-bond donors (Lipinski definition) is 1. The van der Waals surface area contributed by atoms with E-state index in [0.717, 1.165) is 38.4 Å². The van der Waals surface area contributed by atoms with Gasteiger partial charge in [-0.25, -0.2) is 0 Å². The largest absolute Gasteiger partial charge is 0.423 e. The van der Waals surface area contributed by atoms with Crippen LogP contribution in [0.15, 0.2) is 4.42 Å². The third kappa shape index (κ3) is 2.35. The van der Waals surface area contributed by atoms with Gasteiger partial charge in [0.2, 0.25) is 11.8 Å². The molecule has 2 rings (SSSR count).